The third-order valence-electron chi connectivity index (χ3n) is 3.25. The van der Waals surface area contributed by atoms with Gasteiger partial charge in [-0.25, -0.2) is 4.39 Å². The SMILES string of the molecule is Cc1ccc(F)cc1C1=CCCCC1C. The second-order valence-electron chi connectivity index (χ2n) is 4.45. The second kappa shape index (κ2) is 4.18. The lowest BCUT2D eigenvalue weighted by Crippen LogP contribution is -2.05. The van der Waals surface area contributed by atoms with Crippen LogP contribution in [0.1, 0.15) is 37.3 Å². The molecule has 0 saturated heterocycles. The van der Waals surface area contributed by atoms with Crippen LogP contribution in [0.2, 0.25) is 0 Å². The van der Waals surface area contributed by atoms with Gasteiger partial charge in [0.25, 0.3) is 0 Å². The Morgan fingerprint density at radius 3 is 2.87 bits per heavy atom. The Bertz CT molecular complexity index is 390. The molecule has 0 amide bonds. The fraction of sp³-hybridized carbons (Fsp3) is 0.429. The standard InChI is InChI=1S/C14H17F/c1-10-5-3-4-6-13(10)14-9-12(15)8-7-11(14)2/h6-10H,3-5H2,1-2H3. The summed E-state index contributed by atoms with van der Waals surface area (Å²) in [5.74, 6) is 0.438. The van der Waals surface area contributed by atoms with Crippen LogP contribution in [0.3, 0.4) is 0 Å². The molecule has 0 aliphatic heterocycles. The van der Waals surface area contributed by atoms with Gasteiger partial charge in [0.2, 0.25) is 0 Å². The van der Waals surface area contributed by atoms with Crippen LogP contribution in [0.5, 0.6) is 0 Å². The lowest BCUT2D eigenvalue weighted by Gasteiger charge is -2.22. The molecule has 1 aliphatic carbocycles. The van der Waals surface area contributed by atoms with Gasteiger partial charge in [-0.2, -0.15) is 0 Å². The van der Waals surface area contributed by atoms with Crippen molar-refractivity contribution in [1.82, 2.24) is 0 Å². The molecule has 0 spiro atoms. The highest BCUT2D eigenvalue weighted by Crippen LogP contribution is 2.33. The molecule has 0 aromatic heterocycles. The van der Waals surface area contributed by atoms with E-state index in [1.165, 1.54) is 30.0 Å². The lowest BCUT2D eigenvalue weighted by atomic mass is 9.83. The van der Waals surface area contributed by atoms with Crippen molar-refractivity contribution in [2.24, 2.45) is 5.92 Å². The molecular weight excluding hydrogens is 187 g/mol. The summed E-state index contributed by atoms with van der Waals surface area (Å²) in [6, 6.07) is 5.07. The van der Waals surface area contributed by atoms with Crippen molar-refractivity contribution >= 4 is 5.57 Å². The normalized spacial score (nSPS) is 21.3. The molecule has 1 atom stereocenters. The predicted octanol–water partition coefficient (Wildman–Crippen LogP) is 4.34. The van der Waals surface area contributed by atoms with Crippen LogP contribution in [-0.4, -0.2) is 0 Å². The fourth-order valence-electron chi connectivity index (χ4n) is 2.32. The van der Waals surface area contributed by atoms with E-state index in [4.69, 9.17) is 0 Å². The third kappa shape index (κ3) is 2.11. The van der Waals surface area contributed by atoms with E-state index in [0.29, 0.717) is 5.92 Å². The molecule has 0 radical (unpaired) electrons. The Balaban J connectivity index is 2.43. The molecule has 0 nitrogen and oxygen atoms in total. The molecule has 0 saturated carbocycles. The molecular formula is C14H17F. The molecule has 15 heavy (non-hydrogen) atoms. The van der Waals surface area contributed by atoms with Crippen LogP contribution >= 0.6 is 0 Å². The van der Waals surface area contributed by atoms with Crippen LogP contribution < -0.4 is 0 Å². The zero-order chi connectivity index (χ0) is 10.8. The van der Waals surface area contributed by atoms with Gasteiger partial charge in [0.05, 0.1) is 0 Å². The summed E-state index contributed by atoms with van der Waals surface area (Å²) < 4.78 is 13.2. The van der Waals surface area contributed by atoms with E-state index in [1.54, 1.807) is 6.07 Å². The summed E-state index contributed by atoms with van der Waals surface area (Å²) >= 11 is 0. The number of rotatable bonds is 1. The maximum atomic E-state index is 13.2. The Kier molecular flexibility index (Phi) is 2.90. The van der Waals surface area contributed by atoms with Gasteiger partial charge in [0, 0.05) is 0 Å². The highest BCUT2D eigenvalue weighted by molar-refractivity contribution is 5.70. The van der Waals surface area contributed by atoms with E-state index < -0.39 is 0 Å². The predicted molar refractivity (Wildman–Crippen MR) is 62.1 cm³/mol. The largest absolute Gasteiger partial charge is 0.207 e. The van der Waals surface area contributed by atoms with E-state index in [9.17, 15) is 4.39 Å². The molecule has 0 bridgehead atoms. The fourth-order valence-corrected chi connectivity index (χ4v) is 2.32. The number of aryl methyl sites for hydroxylation is 1. The maximum absolute atomic E-state index is 13.2. The molecule has 2 rings (SSSR count). The van der Waals surface area contributed by atoms with E-state index in [2.05, 4.69) is 19.9 Å². The molecule has 0 heterocycles. The monoisotopic (exact) mass is 204 g/mol. The molecule has 1 aromatic carbocycles. The van der Waals surface area contributed by atoms with Crippen molar-refractivity contribution in [2.45, 2.75) is 33.1 Å². The summed E-state index contributed by atoms with van der Waals surface area (Å²) in [6.45, 7) is 4.28. The molecule has 1 heteroatoms. The van der Waals surface area contributed by atoms with Crippen molar-refractivity contribution in [3.05, 3.63) is 41.2 Å². The Morgan fingerprint density at radius 2 is 2.13 bits per heavy atom. The first kappa shape index (κ1) is 10.4. The Labute approximate surface area is 90.8 Å². The van der Waals surface area contributed by atoms with Crippen molar-refractivity contribution < 1.29 is 4.39 Å². The number of benzene rings is 1. The van der Waals surface area contributed by atoms with Gasteiger partial charge >= 0.3 is 0 Å². The van der Waals surface area contributed by atoms with Crippen LogP contribution in [0.25, 0.3) is 5.57 Å². The van der Waals surface area contributed by atoms with Gasteiger partial charge in [-0.3, -0.25) is 0 Å². The Morgan fingerprint density at radius 1 is 1.33 bits per heavy atom. The highest BCUT2D eigenvalue weighted by Gasteiger charge is 2.16. The average molecular weight is 204 g/mol. The quantitative estimate of drug-likeness (QED) is 0.638. The van der Waals surface area contributed by atoms with Crippen molar-refractivity contribution in [2.75, 3.05) is 0 Å². The van der Waals surface area contributed by atoms with Crippen molar-refractivity contribution in [1.29, 1.82) is 0 Å². The number of halogens is 1. The van der Waals surface area contributed by atoms with E-state index in [0.717, 1.165) is 12.0 Å². The van der Waals surface area contributed by atoms with Crippen LogP contribution in [0.15, 0.2) is 24.3 Å². The summed E-state index contributed by atoms with van der Waals surface area (Å²) in [7, 11) is 0. The number of hydrogen-bond acceptors (Lipinski definition) is 0. The molecule has 0 fully saturated rings. The van der Waals surface area contributed by atoms with Gasteiger partial charge in [-0.1, -0.05) is 19.1 Å². The number of hydrogen-bond donors (Lipinski definition) is 0. The summed E-state index contributed by atoms with van der Waals surface area (Å²) in [6.07, 6.45) is 5.90. The van der Waals surface area contributed by atoms with Gasteiger partial charge in [-0.15, -0.1) is 0 Å². The first-order chi connectivity index (χ1) is 7.18. The first-order valence-electron chi connectivity index (χ1n) is 5.65. The van der Waals surface area contributed by atoms with Gasteiger partial charge in [0.15, 0.2) is 0 Å². The van der Waals surface area contributed by atoms with Crippen LogP contribution in [-0.2, 0) is 0 Å². The van der Waals surface area contributed by atoms with Gasteiger partial charge in [0.1, 0.15) is 5.82 Å². The zero-order valence-electron chi connectivity index (χ0n) is 9.39. The van der Waals surface area contributed by atoms with E-state index in [1.807, 2.05) is 6.07 Å². The highest BCUT2D eigenvalue weighted by atomic mass is 19.1. The van der Waals surface area contributed by atoms with Crippen molar-refractivity contribution in [3.63, 3.8) is 0 Å². The summed E-state index contributed by atoms with van der Waals surface area (Å²) in [5.41, 5.74) is 3.61. The minimum atomic E-state index is -0.130. The summed E-state index contributed by atoms with van der Waals surface area (Å²) in [5, 5.41) is 0. The third-order valence-corrected chi connectivity index (χ3v) is 3.25. The first-order valence-corrected chi connectivity index (χ1v) is 5.65. The second-order valence-corrected chi connectivity index (χ2v) is 4.45. The molecule has 0 N–H and O–H groups in total. The molecule has 80 valence electrons. The average Bonchev–Trinajstić information content (AvgIpc) is 2.23. The van der Waals surface area contributed by atoms with E-state index >= 15 is 0 Å². The molecule has 1 aliphatic rings. The Hall–Kier alpha value is -1.11. The lowest BCUT2D eigenvalue weighted by molar-refractivity contribution is 0.598. The number of allylic oxidation sites excluding steroid dienone is 2. The summed E-state index contributed by atoms with van der Waals surface area (Å²) in [4.78, 5) is 0. The smallest absolute Gasteiger partial charge is 0.123 e. The molecule has 1 aromatic rings. The van der Waals surface area contributed by atoms with E-state index in [-0.39, 0.29) is 5.82 Å². The van der Waals surface area contributed by atoms with Crippen LogP contribution in [0.4, 0.5) is 4.39 Å². The van der Waals surface area contributed by atoms with Crippen molar-refractivity contribution in [3.8, 4) is 0 Å². The van der Waals surface area contributed by atoms with Gasteiger partial charge in [-0.05, 0) is 60.9 Å². The van der Waals surface area contributed by atoms with Crippen LogP contribution in [0, 0.1) is 18.7 Å². The van der Waals surface area contributed by atoms with Gasteiger partial charge < -0.3 is 0 Å². The molecule has 1 unspecified atom stereocenters. The zero-order valence-corrected chi connectivity index (χ0v) is 9.39. The minimum absolute atomic E-state index is 0.130. The topological polar surface area (TPSA) is 0 Å². The minimum Gasteiger partial charge on any atom is -0.207 e. The maximum Gasteiger partial charge on any atom is 0.123 e.